The summed E-state index contributed by atoms with van der Waals surface area (Å²) in [5.41, 5.74) is 1.18. The van der Waals surface area contributed by atoms with Crippen LogP contribution in [0.5, 0.6) is 11.5 Å². The zero-order valence-electron chi connectivity index (χ0n) is 19.2. The summed E-state index contributed by atoms with van der Waals surface area (Å²) in [6.45, 7) is 6.78. The SMILES string of the molecule is COc1ccc(CN2CCCOCC2)cc1OCC(O)CN1CC=CCC1.O=CO.O=CO. The lowest BCUT2D eigenvalue weighted by Gasteiger charge is -2.26. The maximum atomic E-state index is 10.3. The molecule has 33 heavy (non-hydrogen) atoms. The highest BCUT2D eigenvalue weighted by atomic mass is 16.5. The van der Waals surface area contributed by atoms with Crippen molar-refractivity contribution in [1.82, 2.24) is 9.80 Å². The fourth-order valence-electron chi connectivity index (χ4n) is 3.54. The molecule has 1 atom stereocenters. The number of β-amino-alcohol motifs (C(OH)–C–C–N with tert-alkyl or cyclic N) is 1. The molecule has 2 aliphatic rings. The van der Waals surface area contributed by atoms with E-state index in [4.69, 9.17) is 34.0 Å². The van der Waals surface area contributed by atoms with Crippen molar-refractivity contribution in [2.75, 3.05) is 59.7 Å². The summed E-state index contributed by atoms with van der Waals surface area (Å²) in [4.78, 5) is 21.4. The number of benzene rings is 1. The predicted octanol–water partition coefficient (Wildman–Crippen LogP) is 1.32. The van der Waals surface area contributed by atoms with E-state index in [0.29, 0.717) is 18.0 Å². The third-order valence-corrected chi connectivity index (χ3v) is 4.99. The molecular formula is C23H36N2O8. The fraction of sp³-hybridized carbons (Fsp3) is 0.565. The number of nitrogens with zero attached hydrogens (tertiary/aromatic N) is 2. The Labute approximate surface area is 195 Å². The first kappa shape index (κ1) is 28.4. The number of aliphatic hydroxyl groups is 1. The summed E-state index contributed by atoms with van der Waals surface area (Å²) in [5, 5.41) is 24.1. The molecule has 3 rings (SSSR count). The number of carbonyl (C=O) groups is 2. The number of aliphatic hydroxyl groups excluding tert-OH is 1. The lowest BCUT2D eigenvalue weighted by Crippen LogP contribution is -2.37. The van der Waals surface area contributed by atoms with E-state index in [-0.39, 0.29) is 19.6 Å². The number of rotatable bonds is 8. The molecule has 2 heterocycles. The summed E-state index contributed by atoms with van der Waals surface area (Å²) in [6.07, 6.45) is 5.93. The molecule has 10 heteroatoms. The van der Waals surface area contributed by atoms with Gasteiger partial charge < -0.3 is 29.5 Å². The molecule has 0 spiro atoms. The van der Waals surface area contributed by atoms with Crippen LogP contribution in [0.3, 0.4) is 0 Å². The van der Waals surface area contributed by atoms with Gasteiger partial charge in [0.25, 0.3) is 12.9 Å². The highest BCUT2D eigenvalue weighted by Crippen LogP contribution is 2.29. The molecule has 2 aliphatic heterocycles. The van der Waals surface area contributed by atoms with Crippen LogP contribution in [0.4, 0.5) is 0 Å². The Morgan fingerprint density at radius 1 is 1.06 bits per heavy atom. The Balaban J connectivity index is 0.000000819. The third kappa shape index (κ3) is 12.2. The minimum atomic E-state index is -0.521. The number of hydrogen-bond acceptors (Lipinski definition) is 8. The molecule has 186 valence electrons. The smallest absolute Gasteiger partial charge is 0.290 e. The first-order valence-corrected chi connectivity index (χ1v) is 10.9. The average Bonchev–Trinajstić information content (AvgIpc) is 3.08. The van der Waals surface area contributed by atoms with Crippen LogP contribution in [0.15, 0.2) is 30.4 Å². The van der Waals surface area contributed by atoms with Gasteiger partial charge in [0.1, 0.15) is 12.7 Å². The van der Waals surface area contributed by atoms with Gasteiger partial charge >= 0.3 is 0 Å². The van der Waals surface area contributed by atoms with Gasteiger partial charge in [0.05, 0.1) is 13.7 Å². The number of hydrogen-bond donors (Lipinski definition) is 3. The van der Waals surface area contributed by atoms with E-state index in [0.717, 1.165) is 58.8 Å². The Kier molecular flexibility index (Phi) is 15.3. The Bertz CT molecular complexity index is 687. The minimum Gasteiger partial charge on any atom is -0.493 e. The summed E-state index contributed by atoms with van der Waals surface area (Å²) >= 11 is 0. The van der Waals surface area contributed by atoms with Crippen LogP contribution < -0.4 is 9.47 Å². The summed E-state index contributed by atoms with van der Waals surface area (Å²) in [7, 11) is 1.64. The van der Waals surface area contributed by atoms with Crippen molar-refractivity contribution in [1.29, 1.82) is 0 Å². The van der Waals surface area contributed by atoms with E-state index >= 15 is 0 Å². The molecule has 1 aromatic carbocycles. The zero-order chi connectivity index (χ0) is 24.3. The van der Waals surface area contributed by atoms with Gasteiger partial charge in [-0.25, -0.2) is 0 Å². The lowest BCUT2D eigenvalue weighted by molar-refractivity contribution is -0.123. The topological polar surface area (TPSA) is 129 Å². The number of ether oxygens (including phenoxy) is 3. The molecule has 1 unspecified atom stereocenters. The van der Waals surface area contributed by atoms with Gasteiger partial charge in [-0.1, -0.05) is 18.2 Å². The average molecular weight is 469 g/mol. The third-order valence-electron chi connectivity index (χ3n) is 4.99. The largest absolute Gasteiger partial charge is 0.493 e. The first-order chi connectivity index (χ1) is 16.1. The van der Waals surface area contributed by atoms with Crippen molar-refractivity contribution in [3.63, 3.8) is 0 Å². The molecule has 3 N–H and O–H groups in total. The molecule has 0 aromatic heterocycles. The molecule has 0 radical (unpaired) electrons. The maximum Gasteiger partial charge on any atom is 0.290 e. The zero-order valence-corrected chi connectivity index (χ0v) is 19.2. The number of methoxy groups -OCH3 is 1. The van der Waals surface area contributed by atoms with Gasteiger partial charge in [0, 0.05) is 45.9 Å². The van der Waals surface area contributed by atoms with Crippen LogP contribution in [0, 0.1) is 0 Å². The van der Waals surface area contributed by atoms with Gasteiger partial charge in [-0.05, 0) is 30.5 Å². The first-order valence-electron chi connectivity index (χ1n) is 10.9. The van der Waals surface area contributed by atoms with E-state index in [1.165, 1.54) is 5.56 Å². The van der Waals surface area contributed by atoms with E-state index in [1.54, 1.807) is 7.11 Å². The van der Waals surface area contributed by atoms with Gasteiger partial charge in [-0.2, -0.15) is 0 Å². The van der Waals surface area contributed by atoms with Crippen LogP contribution in [-0.2, 0) is 20.9 Å². The minimum absolute atomic E-state index is 0.250. The summed E-state index contributed by atoms with van der Waals surface area (Å²) in [5.74, 6) is 1.39. The van der Waals surface area contributed by atoms with Crippen molar-refractivity contribution in [2.45, 2.75) is 25.5 Å². The predicted molar refractivity (Wildman–Crippen MR) is 123 cm³/mol. The quantitative estimate of drug-likeness (QED) is 0.379. The van der Waals surface area contributed by atoms with Crippen molar-refractivity contribution in [2.24, 2.45) is 0 Å². The second-order valence-electron chi connectivity index (χ2n) is 7.42. The fourth-order valence-corrected chi connectivity index (χ4v) is 3.54. The van der Waals surface area contributed by atoms with Crippen LogP contribution in [-0.4, -0.2) is 104 Å². The van der Waals surface area contributed by atoms with Gasteiger partial charge in [0.2, 0.25) is 0 Å². The van der Waals surface area contributed by atoms with Gasteiger partial charge in [-0.15, -0.1) is 0 Å². The molecule has 1 saturated heterocycles. The number of carboxylic acid groups (broad SMARTS) is 2. The Morgan fingerprint density at radius 2 is 1.82 bits per heavy atom. The van der Waals surface area contributed by atoms with Crippen molar-refractivity contribution in [3.05, 3.63) is 35.9 Å². The van der Waals surface area contributed by atoms with E-state index in [1.807, 2.05) is 12.1 Å². The molecule has 0 bridgehead atoms. The molecule has 1 fully saturated rings. The van der Waals surface area contributed by atoms with Gasteiger partial charge in [-0.3, -0.25) is 19.4 Å². The monoisotopic (exact) mass is 468 g/mol. The van der Waals surface area contributed by atoms with Crippen molar-refractivity contribution >= 4 is 12.9 Å². The summed E-state index contributed by atoms with van der Waals surface area (Å²) in [6, 6.07) is 6.05. The van der Waals surface area contributed by atoms with Gasteiger partial charge in [0.15, 0.2) is 11.5 Å². The van der Waals surface area contributed by atoms with Crippen molar-refractivity contribution in [3.8, 4) is 11.5 Å². The van der Waals surface area contributed by atoms with Crippen LogP contribution in [0.25, 0.3) is 0 Å². The Hall–Kier alpha value is -2.66. The van der Waals surface area contributed by atoms with E-state index < -0.39 is 6.10 Å². The second-order valence-corrected chi connectivity index (χ2v) is 7.42. The van der Waals surface area contributed by atoms with Crippen molar-refractivity contribution < 1.29 is 39.1 Å². The highest BCUT2D eigenvalue weighted by molar-refractivity contribution is 5.43. The standard InChI is InChI=1S/C21H32N2O4.2CH2O2/c1-25-20-7-6-18(15-23-10-5-12-26-13-11-23)14-21(20)27-17-19(24)16-22-8-3-2-4-9-22;2*2-1-3/h2-3,6-7,14,19,24H,4-5,8-13,15-17H2,1H3;2*1H,(H,2,3). The molecule has 0 amide bonds. The molecule has 0 saturated carbocycles. The maximum absolute atomic E-state index is 10.3. The molecule has 0 aliphatic carbocycles. The summed E-state index contributed by atoms with van der Waals surface area (Å²) < 4.78 is 16.9. The van der Waals surface area contributed by atoms with Crippen LogP contribution in [0.1, 0.15) is 18.4 Å². The van der Waals surface area contributed by atoms with Crippen LogP contribution in [0.2, 0.25) is 0 Å². The second kappa shape index (κ2) is 17.8. The Morgan fingerprint density at radius 3 is 2.48 bits per heavy atom. The van der Waals surface area contributed by atoms with E-state index in [9.17, 15) is 5.11 Å². The molecule has 1 aromatic rings. The lowest BCUT2D eigenvalue weighted by atomic mass is 10.2. The highest BCUT2D eigenvalue weighted by Gasteiger charge is 2.15. The van der Waals surface area contributed by atoms with Crippen LogP contribution >= 0.6 is 0 Å². The molecular weight excluding hydrogens is 432 g/mol. The molecule has 10 nitrogen and oxygen atoms in total. The van der Waals surface area contributed by atoms with E-state index in [2.05, 4.69) is 28.0 Å². The normalized spacial score (nSPS) is 17.3.